The van der Waals surface area contributed by atoms with Crippen LogP contribution in [0.2, 0.25) is 5.15 Å². The lowest BCUT2D eigenvalue weighted by Gasteiger charge is -2.07. The second kappa shape index (κ2) is 5.01. The van der Waals surface area contributed by atoms with E-state index in [0.717, 1.165) is 0 Å². The van der Waals surface area contributed by atoms with Crippen molar-refractivity contribution in [2.45, 2.75) is 6.92 Å². The van der Waals surface area contributed by atoms with Crippen molar-refractivity contribution in [1.29, 1.82) is 0 Å². The molecule has 0 saturated heterocycles. The molecule has 0 aliphatic carbocycles. The molecule has 6 heteroatoms. The highest BCUT2D eigenvalue weighted by Crippen LogP contribution is 2.30. The first-order valence-corrected chi connectivity index (χ1v) is 5.52. The van der Waals surface area contributed by atoms with Gasteiger partial charge in [0, 0.05) is 18.2 Å². The summed E-state index contributed by atoms with van der Waals surface area (Å²) in [6.07, 6.45) is 2.89. The second-order valence-corrected chi connectivity index (χ2v) is 4.03. The number of nitrogens with zero attached hydrogens (tertiary/aromatic N) is 2. The van der Waals surface area contributed by atoms with Crippen LogP contribution in [0.5, 0.6) is 5.75 Å². The van der Waals surface area contributed by atoms with Crippen LogP contribution in [0.25, 0.3) is 11.3 Å². The molecule has 0 atom stereocenters. The topological polar surface area (TPSA) is 75.1 Å². The minimum Gasteiger partial charge on any atom is -0.507 e. The van der Waals surface area contributed by atoms with Crippen LogP contribution < -0.4 is 5.32 Å². The van der Waals surface area contributed by atoms with Crippen molar-refractivity contribution >= 4 is 23.2 Å². The number of phenols is 1. The van der Waals surface area contributed by atoms with E-state index < -0.39 is 0 Å². The summed E-state index contributed by atoms with van der Waals surface area (Å²) >= 11 is 5.75. The van der Waals surface area contributed by atoms with Gasteiger partial charge in [-0.05, 0) is 18.2 Å². The number of carbonyl (C=O) groups is 1. The molecule has 2 rings (SSSR count). The van der Waals surface area contributed by atoms with E-state index in [-0.39, 0.29) is 16.8 Å². The van der Waals surface area contributed by atoms with E-state index in [2.05, 4.69) is 15.3 Å². The van der Waals surface area contributed by atoms with Gasteiger partial charge < -0.3 is 10.4 Å². The Morgan fingerprint density at radius 1 is 1.39 bits per heavy atom. The number of halogens is 1. The molecular formula is C12H10ClN3O2. The number of nitrogens with one attached hydrogen (secondary N) is 1. The van der Waals surface area contributed by atoms with Crippen molar-refractivity contribution in [3.8, 4) is 17.0 Å². The quantitative estimate of drug-likeness (QED) is 0.816. The van der Waals surface area contributed by atoms with Gasteiger partial charge >= 0.3 is 0 Å². The standard InChI is InChI=1S/C12H10ClN3O2/c1-7(17)15-8-2-3-11(18)9(4-8)10-5-14-6-12(13)16-10/h2-6,18H,1H3,(H,15,17). The van der Waals surface area contributed by atoms with Crippen LogP contribution in [0.15, 0.2) is 30.6 Å². The number of benzene rings is 1. The maximum atomic E-state index is 11.0. The average Bonchev–Trinajstić information content (AvgIpc) is 2.31. The number of aromatic hydroxyl groups is 1. The molecule has 18 heavy (non-hydrogen) atoms. The number of anilines is 1. The molecule has 5 nitrogen and oxygen atoms in total. The Kier molecular flexibility index (Phi) is 3.43. The van der Waals surface area contributed by atoms with Gasteiger partial charge in [-0.2, -0.15) is 0 Å². The average molecular weight is 264 g/mol. The van der Waals surface area contributed by atoms with E-state index in [1.54, 1.807) is 12.1 Å². The van der Waals surface area contributed by atoms with Gasteiger partial charge in [-0.25, -0.2) is 4.98 Å². The smallest absolute Gasteiger partial charge is 0.221 e. The fourth-order valence-corrected chi connectivity index (χ4v) is 1.64. The summed E-state index contributed by atoms with van der Waals surface area (Å²) in [5, 5.41) is 12.6. The van der Waals surface area contributed by atoms with Crippen LogP contribution in [0.3, 0.4) is 0 Å². The predicted octanol–water partition coefficient (Wildman–Crippen LogP) is 2.46. The number of hydrogen-bond donors (Lipinski definition) is 2. The zero-order valence-corrected chi connectivity index (χ0v) is 10.3. The van der Waals surface area contributed by atoms with Gasteiger partial charge in [-0.3, -0.25) is 9.78 Å². The zero-order chi connectivity index (χ0) is 13.1. The predicted molar refractivity (Wildman–Crippen MR) is 68.4 cm³/mol. The fourth-order valence-electron chi connectivity index (χ4n) is 1.49. The van der Waals surface area contributed by atoms with Gasteiger partial charge in [0.15, 0.2) is 0 Å². The van der Waals surface area contributed by atoms with Crippen molar-refractivity contribution in [1.82, 2.24) is 9.97 Å². The molecule has 0 aliphatic rings. The lowest BCUT2D eigenvalue weighted by molar-refractivity contribution is -0.114. The Morgan fingerprint density at radius 2 is 2.17 bits per heavy atom. The Hall–Kier alpha value is -2.14. The minimum atomic E-state index is -0.191. The summed E-state index contributed by atoms with van der Waals surface area (Å²) in [5.41, 5.74) is 1.46. The maximum absolute atomic E-state index is 11.0. The van der Waals surface area contributed by atoms with Gasteiger partial charge in [0.25, 0.3) is 0 Å². The van der Waals surface area contributed by atoms with Crippen LogP contribution in [0.4, 0.5) is 5.69 Å². The second-order valence-electron chi connectivity index (χ2n) is 3.64. The summed E-state index contributed by atoms with van der Waals surface area (Å²) in [4.78, 5) is 18.9. The molecule has 2 aromatic rings. The summed E-state index contributed by atoms with van der Waals surface area (Å²) in [6.45, 7) is 1.41. The van der Waals surface area contributed by atoms with E-state index in [1.807, 2.05) is 0 Å². The SMILES string of the molecule is CC(=O)Nc1ccc(O)c(-c2cncc(Cl)n2)c1. The molecule has 0 spiro atoms. The molecule has 0 saturated carbocycles. The highest BCUT2D eigenvalue weighted by atomic mass is 35.5. The van der Waals surface area contributed by atoms with E-state index in [1.165, 1.54) is 25.4 Å². The molecule has 1 heterocycles. The lowest BCUT2D eigenvalue weighted by atomic mass is 10.1. The molecule has 1 aromatic carbocycles. The Bertz CT molecular complexity index is 602. The number of carbonyl (C=O) groups excluding carboxylic acids is 1. The minimum absolute atomic E-state index is 0.0423. The molecule has 2 N–H and O–H groups in total. The number of aromatic nitrogens is 2. The third kappa shape index (κ3) is 2.75. The normalized spacial score (nSPS) is 10.1. The van der Waals surface area contributed by atoms with Gasteiger partial charge in [0.2, 0.25) is 5.91 Å². The monoisotopic (exact) mass is 263 g/mol. The van der Waals surface area contributed by atoms with E-state index in [4.69, 9.17) is 11.6 Å². The number of rotatable bonds is 2. The molecule has 0 bridgehead atoms. The highest BCUT2D eigenvalue weighted by Gasteiger charge is 2.08. The van der Waals surface area contributed by atoms with Crippen LogP contribution in [-0.4, -0.2) is 21.0 Å². The third-order valence-corrected chi connectivity index (χ3v) is 2.38. The van der Waals surface area contributed by atoms with E-state index in [0.29, 0.717) is 16.9 Å². The van der Waals surface area contributed by atoms with Crippen molar-refractivity contribution in [2.24, 2.45) is 0 Å². The van der Waals surface area contributed by atoms with E-state index >= 15 is 0 Å². The van der Waals surface area contributed by atoms with Crippen molar-refractivity contribution in [3.05, 3.63) is 35.7 Å². The molecule has 0 aliphatic heterocycles. The summed E-state index contributed by atoms with van der Waals surface area (Å²) < 4.78 is 0. The molecule has 92 valence electrons. The Labute approximate surface area is 108 Å². The van der Waals surface area contributed by atoms with Gasteiger partial charge in [-0.1, -0.05) is 11.6 Å². The molecule has 1 aromatic heterocycles. The fraction of sp³-hybridized carbons (Fsp3) is 0.0833. The Balaban J connectivity index is 2.46. The summed E-state index contributed by atoms with van der Waals surface area (Å²) in [5.74, 6) is -0.149. The molecule has 1 amide bonds. The summed E-state index contributed by atoms with van der Waals surface area (Å²) in [7, 11) is 0. The number of hydrogen-bond acceptors (Lipinski definition) is 4. The van der Waals surface area contributed by atoms with Crippen LogP contribution in [0.1, 0.15) is 6.92 Å². The van der Waals surface area contributed by atoms with Crippen molar-refractivity contribution < 1.29 is 9.90 Å². The molecular weight excluding hydrogens is 254 g/mol. The van der Waals surface area contributed by atoms with Crippen molar-refractivity contribution in [2.75, 3.05) is 5.32 Å². The molecule has 0 unspecified atom stereocenters. The first-order chi connectivity index (χ1) is 8.56. The zero-order valence-electron chi connectivity index (χ0n) is 9.51. The van der Waals surface area contributed by atoms with E-state index in [9.17, 15) is 9.90 Å². The molecule has 0 fully saturated rings. The molecule has 0 radical (unpaired) electrons. The number of amides is 1. The highest BCUT2D eigenvalue weighted by molar-refractivity contribution is 6.29. The maximum Gasteiger partial charge on any atom is 0.221 e. The summed E-state index contributed by atoms with van der Waals surface area (Å²) in [6, 6.07) is 4.68. The first kappa shape index (κ1) is 12.3. The van der Waals surface area contributed by atoms with Crippen LogP contribution in [0, 0.1) is 0 Å². The van der Waals surface area contributed by atoms with Gasteiger partial charge in [0.1, 0.15) is 10.9 Å². The van der Waals surface area contributed by atoms with Crippen LogP contribution >= 0.6 is 11.6 Å². The van der Waals surface area contributed by atoms with Gasteiger partial charge in [-0.15, -0.1) is 0 Å². The Morgan fingerprint density at radius 3 is 2.83 bits per heavy atom. The largest absolute Gasteiger partial charge is 0.507 e. The van der Waals surface area contributed by atoms with Crippen LogP contribution in [-0.2, 0) is 4.79 Å². The number of phenolic OH excluding ortho intramolecular Hbond substituents is 1. The lowest BCUT2D eigenvalue weighted by Crippen LogP contribution is -2.05. The van der Waals surface area contributed by atoms with Gasteiger partial charge in [0.05, 0.1) is 18.1 Å². The van der Waals surface area contributed by atoms with Crippen molar-refractivity contribution in [3.63, 3.8) is 0 Å². The third-order valence-electron chi connectivity index (χ3n) is 2.20. The first-order valence-electron chi connectivity index (χ1n) is 5.15.